The fourth-order valence-electron chi connectivity index (χ4n) is 2.27. The minimum Gasteiger partial charge on any atom is -0.254 e. The maximum atomic E-state index is 4.49. The molecule has 0 aliphatic rings. The summed E-state index contributed by atoms with van der Waals surface area (Å²) in [6, 6.07) is 16.2. The highest BCUT2D eigenvalue weighted by Gasteiger charge is 2.00. The van der Waals surface area contributed by atoms with Gasteiger partial charge in [0.05, 0.1) is 11.4 Å². The molecule has 2 nitrogen and oxygen atoms in total. The summed E-state index contributed by atoms with van der Waals surface area (Å²) in [5.74, 6) is 0. The van der Waals surface area contributed by atoms with Gasteiger partial charge in [0, 0.05) is 12.4 Å². The first-order valence-electron chi connectivity index (χ1n) is 7.74. The summed E-state index contributed by atoms with van der Waals surface area (Å²) in [4.78, 5) is 8.89. The summed E-state index contributed by atoms with van der Waals surface area (Å²) in [6.07, 6.45) is 11.4. The molecule has 0 bridgehead atoms. The second-order valence-electron chi connectivity index (χ2n) is 5.36. The average molecular weight is 310 g/mol. The van der Waals surface area contributed by atoms with E-state index in [9.17, 15) is 0 Å². The lowest BCUT2D eigenvalue weighted by molar-refractivity contribution is 1.24. The van der Waals surface area contributed by atoms with Gasteiger partial charge in [-0.1, -0.05) is 73.9 Å². The van der Waals surface area contributed by atoms with E-state index in [1.165, 1.54) is 0 Å². The van der Waals surface area contributed by atoms with Gasteiger partial charge in [-0.05, 0) is 34.4 Å². The zero-order valence-electron chi connectivity index (χ0n) is 13.4. The first-order chi connectivity index (χ1) is 11.8. The normalized spacial score (nSPS) is 10.7. The van der Waals surface area contributed by atoms with Crippen molar-refractivity contribution in [2.45, 2.75) is 0 Å². The van der Waals surface area contributed by atoms with E-state index in [0.29, 0.717) is 0 Å². The summed E-state index contributed by atoms with van der Waals surface area (Å²) in [5, 5.41) is 0. The third-order valence-corrected chi connectivity index (χ3v) is 3.71. The first-order valence-corrected chi connectivity index (χ1v) is 7.74. The molecule has 0 saturated carbocycles. The van der Waals surface area contributed by atoms with E-state index in [1.807, 2.05) is 54.7 Å². The molecule has 0 fully saturated rings. The maximum absolute atomic E-state index is 4.49. The zero-order chi connectivity index (χ0) is 16.8. The predicted octanol–water partition coefficient (Wildman–Crippen LogP) is 5.60. The van der Waals surface area contributed by atoms with E-state index < -0.39 is 0 Å². The summed E-state index contributed by atoms with van der Waals surface area (Å²) in [7, 11) is 0. The van der Waals surface area contributed by atoms with E-state index in [2.05, 4.69) is 41.3 Å². The minimum atomic E-state index is 0.858. The van der Waals surface area contributed by atoms with Crippen LogP contribution in [0.3, 0.4) is 0 Å². The van der Waals surface area contributed by atoms with Crippen LogP contribution in [-0.2, 0) is 0 Å². The van der Waals surface area contributed by atoms with Gasteiger partial charge in [0.2, 0.25) is 0 Å². The van der Waals surface area contributed by atoms with Crippen molar-refractivity contribution in [3.8, 4) is 11.4 Å². The number of hydrogen-bond donors (Lipinski definition) is 0. The lowest BCUT2D eigenvalue weighted by Gasteiger charge is -2.01. The molecule has 2 heteroatoms. The minimum absolute atomic E-state index is 0.858. The second-order valence-corrected chi connectivity index (χ2v) is 5.36. The Morgan fingerprint density at radius 1 is 0.542 bits per heavy atom. The Bertz CT molecular complexity index is 855. The van der Waals surface area contributed by atoms with E-state index >= 15 is 0 Å². The lowest BCUT2D eigenvalue weighted by Crippen LogP contribution is -1.88. The van der Waals surface area contributed by atoms with Crippen LogP contribution in [0, 0.1) is 0 Å². The van der Waals surface area contributed by atoms with Crippen molar-refractivity contribution >= 4 is 24.3 Å². The standard InChI is InChI=1S/C22H18N2/c1-3-17-5-7-19(8-6-17)9-10-20-12-14-22(24-16-20)21-13-11-18(4-2)15-23-21/h3-16H,1-2H2. The lowest BCUT2D eigenvalue weighted by atomic mass is 10.1. The fourth-order valence-corrected chi connectivity index (χ4v) is 2.27. The van der Waals surface area contributed by atoms with Gasteiger partial charge in [-0.2, -0.15) is 0 Å². The Kier molecular flexibility index (Phi) is 4.78. The third kappa shape index (κ3) is 3.73. The van der Waals surface area contributed by atoms with Crippen molar-refractivity contribution in [1.29, 1.82) is 0 Å². The molecule has 3 rings (SSSR count). The van der Waals surface area contributed by atoms with E-state index in [-0.39, 0.29) is 0 Å². The molecular formula is C22H18N2. The first kappa shape index (κ1) is 15.6. The number of rotatable bonds is 5. The van der Waals surface area contributed by atoms with Gasteiger partial charge in [0.15, 0.2) is 0 Å². The molecule has 0 unspecified atom stereocenters. The van der Waals surface area contributed by atoms with Gasteiger partial charge in [0.1, 0.15) is 0 Å². The molecule has 0 amide bonds. The average Bonchev–Trinajstić information content (AvgIpc) is 2.67. The number of nitrogens with zero attached hydrogens (tertiary/aromatic N) is 2. The topological polar surface area (TPSA) is 25.8 Å². The summed E-state index contributed by atoms with van der Waals surface area (Å²) in [6.45, 7) is 7.49. The van der Waals surface area contributed by atoms with E-state index in [1.54, 1.807) is 12.3 Å². The van der Waals surface area contributed by atoms with Crippen LogP contribution < -0.4 is 0 Å². The molecule has 2 aromatic heterocycles. The van der Waals surface area contributed by atoms with Crippen molar-refractivity contribution in [3.63, 3.8) is 0 Å². The van der Waals surface area contributed by atoms with Gasteiger partial charge in [0.25, 0.3) is 0 Å². The Labute approximate surface area is 142 Å². The van der Waals surface area contributed by atoms with Crippen molar-refractivity contribution in [2.75, 3.05) is 0 Å². The molecular weight excluding hydrogens is 292 g/mol. The Morgan fingerprint density at radius 3 is 1.50 bits per heavy atom. The molecule has 1 aromatic carbocycles. The molecule has 3 aromatic rings. The summed E-state index contributed by atoms with van der Waals surface area (Å²) < 4.78 is 0. The van der Waals surface area contributed by atoms with Crippen molar-refractivity contribution in [3.05, 3.63) is 96.3 Å². The van der Waals surface area contributed by atoms with Crippen LogP contribution in [0.4, 0.5) is 0 Å². The predicted molar refractivity (Wildman–Crippen MR) is 103 cm³/mol. The van der Waals surface area contributed by atoms with Crippen molar-refractivity contribution in [1.82, 2.24) is 9.97 Å². The van der Waals surface area contributed by atoms with Crippen LogP contribution in [0.1, 0.15) is 22.3 Å². The summed E-state index contributed by atoms with van der Waals surface area (Å²) >= 11 is 0. The van der Waals surface area contributed by atoms with Crippen LogP contribution in [0.2, 0.25) is 0 Å². The molecule has 2 heterocycles. The number of benzene rings is 1. The van der Waals surface area contributed by atoms with Crippen molar-refractivity contribution in [2.24, 2.45) is 0 Å². The molecule has 0 spiro atoms. The molecule has 0 aliphatic carbocycles. The zero-order valence-corrected chi connectivity index (χ0v) is 13.4. The van der Waals surface area contributed by atoms with Crippen LogP contribution in [-0.4, -0.2) is 9.97 Å². The van der Waals surface area contributed by atoms with E-state index in [0.717, 1.165) is 33.6 Å². The Morgan fingerprint density at radius 2 is 1.00 bits per heavy atom. The third-order valence-electron chi connectivity index (χ3n) is 3.71. The second kappa shape index (κ2) is 7.34. The van der Waals surface area contributed by atoms with Gasteiger partial charge in [-0.15, -0.1) is 0 Å². The number of hydrogen-bond acceptors (Lipinski definition) is 2. The molecule has 0 atom stereocenters. The van der Waals surface area contributed by atoms with Gasteiger partial charge in [-0.25, -0.2) is 0 Å². The smallest absolute Gasteiger partial charge is 0.0886 e. The van der Waals surface area contributed by atoms with E-state index in [4.69, 9.17) is 0 Å². The van der Waals surface area contributed by atoms with Gasteiger partial charge < -0.3 is 0 Å². The van der Waals surface area contributed by atoms with Crippen LogP contribution in [0.15, 0.2) is 74.1 Å². The largest absolute Gasteiger partial charge is 0.254 e. The molecule has 24 heavy (non-hydrogen) atoms. The summed E-state index contributed by atoms with van der Waals surface area (Å²) in [5.41, 5.74) is 6.03. The highest BCUT2D eigenvalue weighted by Crippen LogP contribution is 2.16. The quantitative estimate of drug-likeness (QED) is 0.613. The molecule has 116 valence electrons. The fraction of sp³-hybridized carbons (Fsp3) is 0. The maximum Gasteiger partial charge on any atom is 0.0886 e. The Balaban J connectivity index is 1.74. The highest BCUT2D eigenvalue weighted by molar-refractivity contribution is 5.70. The molecule has 0 aliphatic heterocycles. The van der Waals surface area contributed by atoms with Gasteiger partial charge >= 0.3 is 0 Å². The number of pyridine rings is 2. The van der Waals surface area contributed by atoms with Crippen molar-refractivity contribution < 1.29 is 0 Å². The number of aromatic nitrogens is 2. The van der Waals surface area contributed by atoms with Crippen LogP contribution in [0.5, 0.6) is 0 Å². The van der Waals surface area contributed by atoms with Crippen LogP contribution >= 0.6 is 0 Å². The SMILES string of the molecule is C=Cc1ccc(C=Cc2ccc(-c3ccc(C=C)cn3)nc2)cc1. The van der Waals surface area contributed by atoms with Crippen LogP contribution in [0.25, 0.3) is 35.7 Å². The Hall–Kier alpha value is -3.26. The highest BCUT2D eigenvalue weighted by atomic mass is 14.8. The molecule has 0 saturated heterocycles. The molecule has 0 N–H and O–H groups in total. The monoisotopic (exact) mass is 310 g/mol. The van der Waals surface area contributed by atoms with Gasteiger partial charge in [-0.3, -0.25) is 9.97 Å². The molecule has 0 radical (unpaired) electrons.